The number of rotatable bonds is 5. The molecule has 18 heavy (non-hydrogen) atoms. The zero-order valence-corrected chi connectivity index (χ0v) is 10.6. The Morgan fingerprint density at radius 1 is 1.39 bits per heavy atom. The molecule has 0 heterocycles. The lowest BCUT2D eigenvalue weighted by molar-refractivity contribution is 0.0321. The molecule has 1 aliphatic carbocycles. The molecule has 0 bridgehead atoms. The third-order valence-corrected chi connectivity index (χ3v) is 3.22. The number of methoxy groups -OCH3 is 1. The molecule has 0 aromatic heterocycles. The first-order chi connectivity index (χ1) is 8.72. The summed E-state index contributed by atoms with van der Waals surface area (Å²) in [4.78, 5) is 0. The summed E-state index contributed by atoms with van der Waals surface area (Å²) < 4.78 is 10.5. The number of ether oxygens (including phenoxy) is 2. The molecule has 0 saturated carbocycles. The summed E-state index contributed by atoms with van der Waals surface area (Å²) in [6.45, 7) is 0.470. The van der Waals surface area contributed by atoms with Gasteiger partial charge in [-0.1, -0.05) is 12.1 Å². The molecule has 1 aromatic carbocycles. The van der Waals surface area contributed by atoms with Crippen molar-refractivity contribution in [1.29, 1.82) is 0 Å². The van der Waals surface area contributed by atoms with Gasteiger partial charge >= 0.3 is 0 Å². The van der Waals surface area contributed by atoms with Crippen LogP contribution in [0.1, 0.15) is 30.1 Å². The Bertz CT molecular complexity index is 391. The molecule has 0 saturated heterocycles. The third-order valence-electron chi connectivity index (χ3n) is 3.22. The summed E-state index contributed by atoms with van der Waals surface area (Å²) in [5.41, 5.74) is 2.03. The summed E-state index contributed by atoms with van der Waals surface area (Å²) in [7, 11) is 1.55. The number of hydrogen-bond acceptors (Lipinski definition) is 4. The normalized spacial score (nSPS) is 20.3. The highest BCUT2D eigenvalue weighted by Crippen LogP contribution is 2.35. The molecular weight excluding hydrogens is 232 g/mol. The molecule has 0 fully saturated rings. The van der Waals surface area contributed by atoms with Gasteiger partial charge in [0.15, 0.2) is 0 Å². The van der Waals surface area contributed by atoms with Gasteiger partial charge < -0.3 is 19.7 Å². The highest BCUT2D eigenvalue weighted by atomic mass is 16.5. The molecule has 2 unspecified atom stereocenters. The van der Waals surface area contributed by atoms with Crippen molar-refractivity contribution < 1.29 is 19.7 Å². The smallest absolute Gasteiger partial charge is 0.122 e. The van der Waals surface area contributed by atoms with E-state index in [2.05, 4.69) is 0 Å². The lowest BCUT2D eigenvalue weighted by Crippen LogP contribution is -2.23. The lowest BCUT2D eigenvalue weighted by Gasteiger charge is -2.24. The molecule has 2 N–H and O–H groups in total. The van der Waals surface area contributed by atoms with Crippen LogP contribution in [0, 0.1) is 0 Å². The minimum absolute atomic E-state index is 0.209. The van der Waals surface area contributed by atoms with Crippen molar-refractivity contribution in [3.8, 4) is 5.75 Å². The fourth-order valence-electron chi connectivity index (χ4n) is 2.35. The van der Waals surface area contributed by atoms with E-state index in [1.54, 1.807) is 7.11 Å². The van der Waals surface area contributed by atoms with Crippen molar-refractivity contribution >= 4 is 0 Å². The maximum absolute atomic E-state index is 9.92. The summed E-state index contributed by atoms with van der Waals surface area (Å²) in [6, 6.07) is 5.71. The largest absolute Gasteiger partial charge is 0.491 e. The molecule has 2 rings (SSSR count). The van der Waals surface area contributed by atoms with Crippen LogP contribution in [0.4, 0.5) is 0 Å². The first kappa shape index (κ1) is 13.3. The Kier molecular flexibility index (Phi) is 4.58. The van der Waals surface area contributed by atoms with Crippen LogP contribution in [0.3, 0.4) is 0 Å². The Balaban J connectivity index is 2.07. The van der Waals surface area contributed by atoms with E-state index in [1.807, 2.05) is 18.2 Å². The summed E-state index contributed by atoms with van der Waals surface area (Å²) in [6.07, 6.45) is 1.68. The minimum Gasteiger partial charge on any atom is -0.491 e. The van der Waals surface area contributed by atoms with Crippen molar-refractivity contribution in [2.24, 2.45) is 0 Å². The first-order valence-electron chi connectivity index (χ1n) is 6.32. The fourth-order valence-corrected chi connectivity index (χ4v) is 2.35. The number of benzene rings is 1. The van der Waals surface area contributed by atoms with E-state index >= 15 is 0 Å². The maximum atomic E-state index is 9.92. The lowest BCUT2D eigenvalue weighted by atomic mass is 9.89. The van der Waals surface area contributed by atoms with Crippen LogP contribution in [0.15, 0.2) is 18.2 Å². The van der Waals surface area contributed by atoms with Crippen LogP contribution in [0.2, 0.25) is 0 Å². The van der Waals surface area contributed by atoms with Gasteiger partial charge in [0.25, 0.3) is 0 Å². The van der Waals surface area contributed by atoms with Crippen molar-refractivity contribution in [2.45, 2.75) is 31.5 Å². The van der Waals surface area contributed by atoms with Gasteiger partial charge in [-0.15, -0.1) is 0 Å². The predicted molar refractivity (Wildman–Crippen MR) is 67.7 cm³/mol. The van der Waals surface area contributed by atoms with Gasteiger partial charge in [0.05, 0.1) is 12.7 Å². The van der Waals surface area contributed by atoms with E-state index in [0.717, 1.165) is 36.1 Å². The van der Waals surface area contributed by atoms with E-state index in [1.165, 1.54) is 0 Å². The second kappa shape index (κ2) is 6.18. The number of aliphatic hydroxyl groups is 2. The molecule has 1 aliphatic rings. The molecule has 0 amide bonds. The van der Waals surface area contributed by atoms with E-state index in [9.17, 15) is 10.2 Å². The maximum Gasteiger partial charge on any atom is 0.122 e. The number of hydrogen-bond donors (Lipinski definition) is 2. The summed E-state index contributed by atoms with van der Waals surface area (Å²) >= 11 is 0. The monoisotopic (exact) mass is 252 g/mol. The zero-order chi connectivity index (χ0) is 13.0. The van der Waals surface area contributed by atoms with Crippen molar-refractivity contribution in [3.63, 3.8) is 0 Å². The quantitative estimate of drug-likeness (QED) is 0.832. The van der Waals surface area contributed by atoms with Gasteiger partial charge in [0.2, 0.25) is 0 Å². The second-order valence-electron chi connectivity index (χ2n) is 4.65. The van der Waals surface area contributed by atoms with Crippen LogP contribution in [-0.2, 0) is 11.2 Å². The van der Waals surface area contributed by atoms with Crippen molar-refractivity contribution in [2.75, 3.05) is 20.3 Å². The molecule has 0 aliphatic heterocycles. The van der Waals surface area contributed by atoms with E-state index in [0.29, 0.717) is 0 Å². The van der Waals surface area contributed by atoms with Gasteiger partial charge in [-0.2, -0.15) is 0 Å². The highest BCUT2D eigenvalue weighted by molar-refractivity contribution is 5.42. The molecular formula is C14H20O4. The van der Waals surface area contributed by atoms with Crippen LogP contribution in [0.5, 0.6) is 5.75 Å². The minimum atomic E-state index is -0.626. The number of fused-ring (bicyclic) bond motifs is 1. The Morgan fingerprint density at radius 2 is 2.22 bits per heavy atom. The Morgan fingerprint density at radius 3 is 3.00 bits per heavy atom. The topological polar surface area (TPSA) is 58.9 Å². The predicted octanol–water partition coefficient (Wildman–Crippen LogP) is 1.44. The second-order valence-corrected chi connectivity index (χ2v) is 4.65. The van der Waals surface area contributed by atoms with Gasteiger partial charge in [-0.3, -0.25) is 0 Å². The summed E-state index contributed by atoms with van der Waals surface area (Å²) in [5.74, 6) is 0.765. The fraction of sp³-hybridized carbons (Fsp3) is 0.571. The van der Waals surface area contributed by atoms with Crippen LogP contribution < -0.4 is 4.74 Å². The van der Waals surface area contributed by atoms with Crippen LogP contribution in [-0.4, -0.2) is 36.6 Å². The molecule has 2 atom stereocenters. The molecule has 100 valence electrons. The van der Waals surface area contributed by atoms with Crippen molar-refractivity contribution in [3.05, 3.63) is 29.3 Å². The third kappa shape index (κ3) is 3.02. The molecule has 1 aromatic rings. The highest BCUT2D eigenvalue weighted by Gasteiger charge is 2.21. The summed E-state index contributed by atoms with van der Waals surface area (Å²) in [5, 5.41) is 19.5. The van der Waals surface area contributed by atoms with Gasteiger partial charge in [0, 0.05) is 7.11 Å². The Hall–Kier alpha value is -1.10. The van der Waals surface area contributed by atoms with Gasteiger partial charge in [0.1, 0.15) is 18.5 Å². The molecule has 4 nitrogen and oxygen atoms in total. The van der Waals surface area contributed by atoms with Gasteiger partial charge in [-0.25, -0.2) is 0 Å². The van der Waals surface area contributed by atoms with E-state index in [4.69, 9.17) is 9.47 Å². The number of aliphatic hydroxyl groups excluding tert-OH is 2. The van der Waals surface area contributed by atoms with Crippen molar-refractivity contribution in [1.82, 2.24) is 0 Å². The average molecular weight is 252 g/mol. The average Bonchev–Trinajstić information content (AvgIpc) is 2.37. The van der Waals surface area contributed by atoms with Crippen LogP contribution >= 0.6 is 0 Å². The zero-order valence-electron chi connectivity index (χ0n) is 10.6. The molecule has 0 spiro atoms. The molecule has 0 radical (unpaired) electrons. The molecule has 4 heteroatoms. The standard InChI is InChI=1S/C14H20O4/c1-17-8-10(15)9-18-14-7-3-4-11-12(14)5-2-6-13(11)16/h3-4,7,10,13,15-16H,2,5-6,8-9H2,1H3. The van der Waals surface area contributed by atoms with Gasteiger partial charge in [-0.05, 0) is 36.5 Å². The van der Waals surface area contributed by atoms with Crippen LogP contribution in [0.25, 0.3) is 0 Å². The van der Waals surface area contributed by atoms with E-state index < -0.39 is 6.10 Å². The SMILES string of the molecule is COCC(O)COc1cccc2c1CCCC2O. The first-order valence-corrected chi connectivity index (χ1v) is 6.32. The Labute approximate surface area is 107 Å². The van der Waals surface area contributed by atoms with E-state index in [-0.39, 0.29) is 19.3 Å².